The Hall–Kier alpha value is -4.54. The average molecular weight is 507 g/mol. The van der Waals surface area contributed by atoms with E-state index in [-0.39, 0.29) is 31.7 Å². The van der Waals surface area contributed by atoms with Gasteiger partial charge in [-0.2, -0.15) is 18.2 Å². The van der Waals surface area contributed by atoms with Crippen molar-refractivity contribution < 1.29 is 36.7 Å². The first kappa shape index (κ1) is 21.7. The molecule has 11 heteroatoms. The normalized spacial score (nSPS) is 19.3. The van der Waals surface area contributed by atoms with Gasteiger partial charge in [-0.15, -0.1) is 0 Å². The first-order chi connectivity index (χ1) is 17.8. The maximum Gasteiger partial charge on any atom is 0.471 e. The maximum atomic E-state index is 14.1. The molecular formula is C26H16F3N3O5. The number of para-hydroxylation sites is 1. The molecule has 37 heavy (non-hydrogen) atoms. The molecule has 4 heterocycles. The van der Waals surface area contributed by atoms with Gasteiger partial charge in [-0.25, -0.2) is 0 Å². The van der Waals surface area contributed by atoms with E-state index in [0.717, 1.165) is 11.3 Å². The summed E-state index contributed by atoms with van der Waals surface area (Å²) in [7, 11) is 0. The minimum absolute atomic E-state index is 0.100. The number of alkyl halides is 3. The average Bonchev–Trinajstić information content (AvgIpc) is 3.67. The highest BCUT2D eigenvalue weighted by molar-refractivity contribution is 6.11. The first-order valence-electron chi connectivity index (χ1n) is 11.3. The maximum absolute atomic E-state index is 14.1. The lowest BCUT2D eigenvalue weighted by molar-refractivity contribution is -0.159. The molecule has 0 radical (unpaired) electrons. The standard InChI is InChI=1S/C26H16F3N3O5/c27-26(28,29)23-30-22(31-37-23)15-5-3-4-14(8-15)11-32-18-7-2-1-6-16(18)25(24(32)33)12-34-19-10-21-20(9-17(19)25)35-13-36-21/h1-10H,11-13H2. The number of carbonyl (C=O) groups is 1. The summed E-state index contributed by atoms with van der Waals surface area (Å²) in [6, 6.07) is 17.7. The van der Waals surface area contributed by atoms with Crippen LogP contribution >= 0.6 is 0 Å². The summed E-state index contributed by atoms with van der Waals surface area (Å²) in [6.07, 6.45) is -4.74. The third-order valence-corrected chi connectivity index (χ3v) is 6.84. The van der Waals surface area contributed by atoms with Crippen molar-refractivity contribution in [2.75, 3.05) is 18.3 Å². The Morgan fingerprint density at radius 2 is 1.73 bits per heavy atom. The van der Waals surface area contributed by atoms with Gasteiger partial charge in [0.25, 0.3) is 0 Å². The van der Waals surface area contributed by atoms with Crippen LogP contribution in [0.2, 0.25) is 0 Å². The van der Waals surface area contributed by atoms with Crippen LogP contribution in [0, 0.1) is 0 Å². The number of carbonyl (C=O) groups excluding carboxylic acids is 1. The van der Waals surface area contributed by atoms with Crippen LogP contribution in [-0.4, -0.2) is 29.4 Å². The molecule has 0 saturated heterocycles. The number of amides is 1. The van der Waals surface area contributed by atoms with E-state index in [1.165, 1.54) is 0 Å². The van der Waals surface area contributed by atoms with Crippen molar-refractivity contribution in [2.45, 2.75) is 18.1 Å². The molecule has 0 N–H and O–H groups in total. The number of ether oxygens (including phenoxy) is 3. The Kier molecular flexibility index (Phi) is 4.39. The van der Waals surface area contributed by atoms with Gasteiger partial charge in [0.1, 0.15) is 17.8 Å². The van der Waals surface area contributed by atoms with Crippen LogP contribution in [0.25, 0.3) is 11.4 Å². The fourth-order valence-electron chi connectivity index (χ4n) is 5.17. The third kappa shape index (κ3) is 3.13. The summed E-state index contributed by atoms with van der Waals surface area (Å²) < 4.78 is 60.1. The van der Waals surface area contributed by atoms with Crippen molar-refractivity contribution in [1.82, 2.24) is 10.1 Å². The number of anilines is 1. The predicted molar refractivity (Wildman–Crippen MR) is 121 cm³/mol. The molecule has 1 amide bonds. The van der Waals surface area contributed by atoms with Gasteiger partial charge < -0.3 is 23.6 Å². The Bertz CT molecular complexity index is 1580. The molecule has 186 valence electrons. The Balaban J connectivity index is 1.26. The summed E-state index contributed by atoms with van der Waals surface area (Å²) in [5, 5.41) is 3.46. The first-order valence-corrected chi connectivity index (χ1v) is 11.3. The zero-order valence-corrected chi connectivity index (χ0v) is 18.9. The van der Waals surface area contributed by atoms with Gasteiger partial charge in [0, 0.05) is 22.9 Å². The van der Waals surface area contributed by atoms with Gasteiger partial charge in [-0.3, -0.25) is 4.79 Å². The second-order valence-corrected chi connectivity index (χ2v) is 8.93. The molecule has 4 aromatic rings. The largest absolute Gasteiger partial charge is 0.491 e. The zero-order chi connectivity index (χ0) is 25.4. The molecule has 0 bridgehead atoms. The summed E-state index contributed by atoms with van der Waals surface area (Å²) in [6.45, 7) is 0.402. The van der Waals surface area contributed by atoms with Gasteiger partial charge in [0.2, 0.25) is 18.5 Å². The highest BCUT2D eigenvalue weighted by Gasteiger charge is 2.57. The molecule has 0 saturated carbocycles. The van der Waals surface area contributed by atoms with Crippen LogP contribution in [0.1, 0.15) is 22.6 Å². The molecule has 1 unspecified atom stereocenters. The van der Waals surface area contributed by atoms with Crippen molar-refractivity contribution in [3.63, 3.8) is 0 Å². The van der Waals surface area contributed by atoms with E-state index >= 15 is 0 Å². The molecule has 7 rings (SSSR count). The van der Waals surface area contributed by atoms with E-state index in [4.69, 9.17) is 14.2 Å². The fourth-order valence-corrected chi connectivity index (χ4v) is 5.17. The molecule has 1 atom stereocenters. The number of benzene rings is 3. The van der Waals surface area contributed by atoms with Crippen LogP contribution < -0.4 is 19.1 Å². The van der Waals surface area contributed by atoms with Crippen LogP contribution in [0.15, 0.2) is 65.2 Å². The Labute approximate surface area is 207 Å². The summed E-state index contributed by atoms with van der Waals surface area (Å²) in [4.78, 5) is 19.3. The molecule has 8 nitrogen and oxygen atoms in total. The SMILES string of the molecule is O=C1N(Cc2cccc(-c3noc(C(F)(F)F)n3)c2)c2ccccc2C12COc1cc3c(cc12)OCO3. The van der Waals surface area contributed by atoms with E-state index in [2.05, 4.69) is 14.7 Å². The van der Waals surface area contributed by atoms with E-state index in [0.29, 0.717) is 33.9 Å². The van der Waals surface area contributed by atoms with Crippen molar-refractivity contribution in [3.05, 3.63) is 83.2 Å². The van der Waals surface area contributed by atoms with Crippen LogP contribution in [0.3, 0.4) is 0 Å². The summed E-state index contributed by atoms with van der Waals surface area (Å²) in [5.74, 6) is -0.0894. The number of rotatable bonds is 3. The monoisotopic (exact) mass is 507 g/mol. The number of hydrogen-bond donors (Lipinski definition) is 0. The molecule has 0 aliphatic carbocycles. The highest BCUT2D eigenvalue weighted by atomic mass is 19.4. The molecule has 1 spiro atoms. The van der Waals surface area contributed by atoms with Crippen LogP contribution in [0.4, 0.5) is 18.9 Å². The minimum atomic E-state index is -4.74. The predicted octanol–water partition coefficient (Wildman–Crippen LogP) is 4.71. The summed E-state index contributed by atoms with van der Waals surface area (Å²) >= 11 is 0. The van der Waals surface area contributed by atoms with E-state index in [9.17, 15) is 18.0 Å². The van der Waals surface area contributed by atoms with E-state index in [1.807, 2.05) is 24.3 Å². The van der Waals surface area contributed by atoms with Crippen molar-refractivity contribution in [3.8, 4) is 28.6 Å². The van der Waals surface area contributed by atoms with Gasteiger partial charge in [0.05, 0.1) is 6.54 Å². The molecule has 0 fully saturated rings. The highest BCUT2D eigenvalue weighted by Crippen LogP contribution is 2.55. The molecule has 3 aliphatic rings. The van der Waals surface area contributed by atoms with Gasteiger partial charge in [-0.05, 0) is 29.3 Å². The molecule has 3 aromatic carbocycles. The van der Waals surface area contributed by atoms with E-state index < -0.39 is 17.5 Å². The van der Waals surface area contributed by atoms with Gasteiger partial charge in [-0.1, -0.05) is 41.6 Å². The second-order valence-electron chi connectivity index (χ2n) is 8.93. The van der Waals surface area contributed by atoms with Crippen molar-refractivity contribution >= 4 is 11.6 Å². The Morgan fingerprint density at radius 3 is 2.54 bits per heavy atom. The number of aromatic nitrogens is 2. The van der Waals surface area contributed by atoms with Gasteiger partial charge in [0.15, 0.2) is 11.5 Å². The fraction of sp³-hybridized carbons (Fsp3) is 0.192. The quantitative estimate of drug-likeness (QED) is 0.397. The lowest BCUT2D eigenvalue weighted by atomic mass is 9.77. The zero-order valence-electron chi connectivity index (χ0n) is 18.9. The number of halogens is 3. The van der Waals surface area contributed by atoms with Crippen LogP contribution in [-0.2, 0) is 22.9 Å². The lowest BCUT2D eigenvalue weighted by Gasteiger charge is -2.23. The molecule has 1 aromatic heterocycles. The number of hydrogen-bond acceptors (Lipinski definition) is 7. The topological polar surface area (TPSA) is 86.9 Å². The Morgan fingerprint density at radius 1 is 0.919 bits per heavy atom. The second kappa shape index (κ2) is 7.48. The van der Waals surface area contributed by atoms with E-state index in [1.54, 1.807) is 41.3 Å². The van der Waals surface area contributed by atoms with Gasteiger partial charge >= 0.3 is 12.1 Å². The molecule has 3 aliphatic heterocycles. The van der Waals surface area contributed by atoms with Crippen molar-refractivity contribution in [1.29, 1.82) is 0 Å². The van der Waals surface area contributed by atoms with Crippen LogP contribution in [0.5, 0.6) is 17.2 Å². The third-order valence-electron chi connectivity index (χ3n) is 6.84. The molecular weight excluding hydrogens is 491 g/mol. The number of nitrogens with zero attached hydrogens (tertiary/aromatic N) is 3. The smallest absolute Gasteiger partial charge is 0.471 e. The number of fused-ring (bicyclic) bond motifs is 5. The summed E-state index contributed by atoms with van der Waals surface area (Å²) in [5.41, 5.74) is 2.21. The van der Waals surface area contributed by atoms with Crippen molar-refractivity contribution in [2.24, 2.45) is 0 Å². The minimum Gasteiger partial charge on any atom is -0.491 e. The lowest BCUT2D eigenvalue weighted by Crippen LogP contribution is -2.42.